The molecule has 3 N–H and O–H groups in total. The number of fused-ring (bicyclic) bond motifs is 1. The molecule has 0 aromatic carbocycles. The lowest BCUT2D eigenvalue weighted by atomic mass is 10.1. The number of nitrogens with zero attached hydrogens (tertiary/aromatic N) is 5. The second kappa shape index (κ2) is 8.99. The summed E-state index contributed by atoms with van der Waals surface area (Å²) in [6.07, 6.45) is 6.75. The van der Waals surface area contributed by atoms with Gasteiger partial charge in [-0.05, 0) is 52.4 Å². The zero-order valence-corrected chi connectivity index (χ0v) is 21.4. The van der Waals surface area contributed by atoms with Crippen molar-refractivity contribution in [1.29, 1.82) is 0 Å². The van der Waals surface area contributed by atoms with E-state index >= 15 is 0 Å². The van der Waals surface area contributed by atoms with Crippen molar-refractivity contribution in [2.45, 2.75) is 44.3 Å². The van der Waals surface area contributed by atoms with Crippen LogP contribution < -0.4 is 16.0 Å². The summed E-state index contributed by atoms with van der Waals surface area (Å²) < 4.78 is 1.77. The summed E-state index contributed by atoms with van der Waals surface area (Å²) >= 11 is 1.77. The van der Waals surface area contributed by atoms with Crippen LogP contribution in [0.25, 0.3) is 23.0 Å². The minimum Gasteiger partial charge on any atom is -0.367 e. The second-order valence-electron chi connectivity index (χ2n) is 10.1. The average molecular weight is 507 g/mol. The van der Waals surface area contributed by atoms with Crippen molar-refractivity contribution in [2.24, 2.45) is 0 Å². The number of likely N-dealkylation sites (N-methyl/N-ethyl adjacent to an activating group) is 1. The molecule has 3 aromatic rings. The van der Waals surface area contributed by atoms with Gasteiger partial charge in [-0.1, -0.05) is 0 Å². The third-order valence-electron chi connectivity index (χ3n) is 7.25. The van der Waals surface area contributed by atoms with Gasteiger partial charge in [0.15, 0.2) is 5.65 Å². The number of imide groups is 1. The number of carbonyl (C=O) groups is 2. The molecule has 2 aliphatic heterocycles. The van der Waals surface area contributed by atoms with Gasteiger partial charge < -0.3 is 15.5 Å². The van der Waals surface area contributed by atoms with Crippen molar-refractivity contribution in [3.8, 4) is 11.3 Å². The highest BCUT2D eigenvalue weighted by atomic mass is 32.1. The SMILES string of the molecule is CC(c1cc(-c2cc(NC3CC3)n3ncc(/C=C4\NC(=O)NC4=O)c3n2)cs1)N1CCC(N(C)C)C1. The lowest BCUT2D eigenvalue weighted by Gasteiger charge is -2.25. The van der Waals surface area contributed by atoms with Gasteiger partial charge in [0, 0.05) is 58.7 Å². The lowest BCUT2D eigenvalue weighted by molar-refractivity contribution is -0.115. The monoisotopic (exact) mass is 506 g/mol. The number of aromatic nitrogens is 3. The summed E-state index contributed by atoms with van der Waals surface area (Å²) in [5.74, 6) is 0.415. The van der Waals surface area contributed by atoms with Crippen LogP contribution >= 0.6 is 11.3 Å². The van der Waals surface area contributed by atoms with Gasteiger partial charge in [0.05, 0.1) is 11.9 Å². The van der Waals surface area contributed by atoms with Gasteiger partial charge >= 0.3 is 6.03 Å². The summed E-state index contributed by atoms with van der Waals surface area (Å²) in [5, 5.41) is 15.0. The first-order chi connectivity index (χ1) is 17.4. The zero-order valence-electron chi connectivity index (χ0n) is 20.6. The molecule has 10 nitrogen and oxygen atoms in total. The van der Waals surface area contributed by atoms with Gasteiger partial charge in [0.25, 0.3) is 5.91 Å². The van der Waals surface area contributed by atoms with E-state index in [1.54, 1.807) is 28.1 Å². The number of urea groups is 1. The number of nitrogens with one attached hydrogen (secondary N) is 3. The van der Waals surface area contributed by atoms with Crippen molar-refractivity contribution in [3.63, 3.8) is 0 Å². The van der Waals surface area contributed by atoms with Crippen LogP contribution in [0, 0.1) is 0 Å². The fraction of sp³-hybridized carbons (Fsp3) is 0.440. The van der Waals surface area contributed by atoms with Crippen molar-refractivity contribution in [1.82, 2.24) is 35.0 Å². The Morgan fingerprint density at radius 1 is 1.22 bits per heavy atom. The molecule has 1 saturated carbocycles. The quantitative estimate of drug-likeness (QED) is 0.334. The molecule has 0 bridgehead atoms. The molecule has 188 valence electrons. The van der Waals surface area contributed by atoms with Crippen molar-refractivity contribution in [2.75, 3.05) is 32.5 Å². The molecular formula is C25H30N8O2S. The van der Waals surface area contributed by atoms with E-state index in [0.29, 0.717) is 29.3 Å². The number of anilines is 1. The van der Waals surface area contributed by atoms with E-state index < -0.39 is 11.9 Å². The maximum Gasteiger partial charge on any atom is 0.326 e. The molecule has 5 heterocycles. The summed E-state index contributed by atoms with van der Waals surface area (Å²) in [7, 11) is 4.32. The van der Waals surface area contributed by atoms with Crippen molar-refractivity contribution < 1.29 is 9.59 Å². The molecule has 3 amide bonds. The summed E-state index contributed by atoms with van der Waals surface area (Å²) in [6.45, 7) is 4.47. The Kier molecular flexibility index (Phi) is 5.78. The minimum atomic E-state index is -0.526. The van der Waals surface area contributed by atoms with Crippen LogP contribution in [0.3, 0.4) is 0 Å². The number of likely N-dealkylation sites (tertiary alicyclic amines) is 1. The van der Waals surface area contributed by atoms with Gasteiger partial charge in [-0.25, -0.2) is 9.78 Å². The van der Waals surface area contributed by atoms with Crippen LogP contribution in [0.5, 0.6) is 0 Å². The van der Waals surface area contributed by atoms with E-state index in [2.05, 4.69) is 63.3 Å². The van der Waals surface area contributed by atoms with Gasteiger partial charge in [-0.2, -0.15) is 9.61 Å². The van der Waals surface area contributed by atoms with E-state index in [0.717, 1.165) is 43.0 Å². The van der Waals surface area contributed by atoms with E-state index in [4.69, 9.17) is 4.98 Å². The van der Waals surface area contributed by atoms with Gasteiger partial charge in [-0.15, -0.1) is 11.3 Å². The van der Waals surface area contributed by atoms with Gasteiger partial charge in [0.2, 0.25) is 0 Å². The van der Waals surface area contributed by atoms with Crippen LogP contribution in [0.4, 0.5) is 10.6 Å². The zero-order chi connectivity index (χ0) is 25.0. The largest absolute Gasteiger partial charge is 0.367 e. The van der Waals surface area contributed by atoms with Crippen LogP contribution in [0.2, 0.25) is 0 Å². The number of carbonyl (C=O) groups excluding carboxylic acids is 2. The minimum absolute atomic E-state index is 0.187. The summed E-state index contributed by atoms with van der Waals surface area (Å²) in [5.41, 5.74) is 3.41. The number of amides is 3. The predicted molar refractivity (Wildman–Crippen MR) is 140 cm³/mol. The van der Waals surface area contributed by atoms with E-state index in [1.165, 1.54) is 11.3 Å². The second-order valence-corrected chi connectivity index (χ2v) is 11.0. The Balaban J connectivity index is 1.34. The first kappa shape index (κ1) is 23.1. The fourth-order valence-corrected chi connectivity index (χ4v) is 5.83. The normalized spacial score (nSPS) is 22.6. The van der Waals surface area contributed by atoms with E-state index in [1.807, 2.05) is 6.07 Å². The molecule has 11 heteroatoms. The van der Waals surface area contributed by atoms with Crippen LogP contribution in [0.15, 0.2) is 29.4 Å². The van der Waals surface area contributed by atoms with Crippen molar-refractivity contribution >= 4 is 40.8 Å². The van der Waals surface area contributed by atoms with E-state index in [9.17, 15) is 9.59 Å². The molecule has 2 saturated heterocycles. The molecule has 6 rings (SSSR count). The van der Waals surface area contributed by atoms with Crippen LogP contribution in [-0.2, 0) is 4.79 Å². The molecule has 0 radical (unpaired) electrons. The molecule has 36 heavy (non-hydrogen) atoms. The molecule has 2 atom stereocenters. The van der Waals surface area contributed by atoms with E-state index in [-0.39, 0.29) is 5.70 Å². The standard InChI is InChI=1S/C25H30N8O2S/c1-14(32-7-6-18(12-32)31(2)3)21-9-16(13-36-21)19-10-22(27-17-4-5-17)33-23(28-19)15(11-26-33)8-20-24(34)30-25(35)29-20/h8-11,13-14,17-18,27H,4-7,12H2,1-3H3,(H2,29,30,34,35)/b20-8-. The predicted octanol–water partition coefficient (Wildman–Crippen LogP) is 2.91. The molecule has 3 fully saturated rings. The Morgan fingerprint density at radius 3 is 2.75 bits per heavy atom. The molecule has 2 unspecified atom stereocenters. The Morgan fingerprint density at radius 2 is 2.06 bits per heavy atom. The lowest BCUT2D eigenvalue weighted by Crippen LogP contribution is -2.32. The average Bonchev–Trinajstić information content (AvgIpc) is 3.25. The number of hydrogen-bond acceptors (Lipinski definition) is 8. The molecular weight excluding hydrogens is 476 g/mol. The maximum atomic E-state index is 12.1. The van der Waals surface area contributed by atoms with Crippen LogP contribution in [-0.4, -0.2) is 75.6 Å². The van der Waals surface area contributed by atoms with Gasteiger partial charge in [0.1, 0.15) is 11.5 Å². The Hall–Kier alpha value is -3.28. The topological polar surface area (TPSA) is 107 Å². The first-order valence-corrected chi connectivity index (χ1v) is 13.2. The number of rotatable bonds is 7. The molecule has 3 aromatic heterocycles. The number of hydrogen-bond donors (Lipinski definition) is 3. The summed E-state index contributed by atoms with van der Waals surface area (Å²) in [4.78, 5) is 34.7. The summed E-state index contributed by atoms with van der Waals surface area (Å²) in [6, 6.07) is 5.16. The molecule has 1 aliphatic carbocycles. The first-order valence-electron chi connectivity index (χ1n) is 12.3. The third kappa shape index (κ3) is 4.38. The highest BCUT2D eigenvalue weighted by Crippen LogP contribution is 2.35. The van der Waals surface area contributed by atoms with Gasteiger partial charge in [-0.3, -0.25) is 15.0 Å². The highest BCUT2D eigenvalue weighted by Gasteiger charge is 2.29. The van der Waals surface area contributed by atoms with Crippen molar-refractivity contribution in [3.05, 3.63) is 39.8 Å². The molecule has 3 aliphatic rings. The van der Waals surface area contributed by atoms with Crippen LogP contribution in [0.1, 0.15) is 42.7 Å². The highest BCUT2D eigenvalue weighted by molar-refractivity contribution is 7.10. The molecule has 0 spiro atoms. The Labute approximate surface area is 213 Å². The fourth-order valence-electron chi connectivity index (χ4n) is 4.83. The smallest absolute Gasteiger partial charge is 0.326 e. The Bertz CT molecular complexity index is 1370. The number of thiophene rings is 1. The third-order valence-corrected chi connectivity index (χ3v) is 8.35. The maximum absolute atomic E-state index is 12.1.